The molecule has 186 valence electrons. The predicted molar refractivity (Wildman–Crippen MR) is 136 cm³/mol. The van der Waals surface area contributed by atoms with Gasteiger partial charge in [0.1, 0.15) is 18.3 Å². The standard InChI is InChI=1S/C23H28Cl2N8O2/c1-16(23(35,13-33-15-27-14-28-33)20-7-2-17(24)12-21(20)25)31-8-10-32(11-9-31)19-5-3-18(4-6-19)29-22(34)30-26/h2-7,12,14-16,35H,8-11,13,26H2,1H3,(H2,29,30,34)/t16-,23-/m1/s1. The number of nitrogens with one attached hydrogen (secondary N) is 2. The summed E-state index contributed by atoms with van der Waals surface area (Å²) in [5.74, 6) is 5.11. The first-order valence-electron chi connectivity index (χ1n) is 11.2. The van der Waals surface area contributed by atoms with Gasteiger partial charge in [-0.2, -0.15) is 5.10 Å². The zero-order valence-corrected chi connectivity index (χ0v) is 20.7. The molecule has 2 amide bonds. The Morgan fingerprint density at radius 1 is 1.17 bits per heavy atom. The molecular formula is C23H28Cl2N8O2. The number of amides is 2. The quantitative estimate of drug-likeness (QED) is 0.215. The lowest BCUT2D eigenvalue weighted by Gasteiger charge is -2.45. The molecule has 35 heavy (non-hydrogen) atoms. The van der Waals surface area contributed by atoms with Crippen LogP contribution in [0.5, 0.6) is 0 Å². The van der Waals surface area contributed by atoms with Gasteiger partial charge in [-0.3, -0.25) is 10.3 Å². The van der Waals surface area contributed by atoms with Gasteiger partial charge in [0.2, 0.25) is 0 Å². The summed E-state index contributed by atoms with van der Waals surface area (Å²) in [7, 11) is 0. The Morgan fingerprint density at radius 3 is 2.49 bits per heavy atom. The fraction of sp³-hybridized carbons (Fsp3) is 0.348. The van der Waals surface area contributed by atoms with Crippen LogP contribution in [-0.2, 0) is 12.1 Å². The number of benzene rings is 2. The highest BCUT2D eigenvalue weighted by Crippen LogP contribution is 2.37. The van der Waals surface area contributed by atoms with E-state index in [4.69, 9.17) is 29.0 Å². The minimum absolute atomic E-state index is 0.195. The Labute approximate surface area is 213 Å². The fourth-order valence-electron chi connectivity index (χ4n) is 4.44. The number of nitrogens with two attached hydrogens (primary N) is 1. The number of nitrogens with zero attached hydrogens (tertiary/aromatic N) is 5. The third-order valence-corrected chi connectivity index (χ3v) is 6.99. The van der Waals surface area contributed by atoms with Crippen molar-refractivity contribution in [3.05, 3.63) is 70.7 Å². The molecule has 0 aliphatic carbocycles. The van der Waals surface area contributed by atoms with Gasteiger partial charge < -0.3 is 15.3 Å². The van der Waals surface area contributed by atoms with Crippen molar-refractivity contribution in [2.75, 3.05) is 36.4 Å². The van der Waals surface area contributed by atoms with E-state index in [1.807, 2.05) is 36.6 Å². The largest absolute Gasteiger partial charge is 0.382 e. The van der Waals surface area contributed by atoms with E-state index in [9.17, 15) is 9.90 Å². The number of halogens is 2. The second-order valence-electron chi connectivity index (χ2n) is 8.49. The van der Waals surface area contributed by atoms with E-state index in [1.165, 1.54) is 6.33 Å². The van der Waals surface area contributed by atoms with Crippen LogP contribution in [0.3, 0.4) is 0 Å². The lowest BCUT2D eigenvalue weighted by molar-refractivity contribution is -0.0626. The summed E-state index contributed by atoms with van der Waals surface area (Å²) in [6.07, 6.45) is 3.02. The summed E-state index contributed by atoms with van der Waals surface area (Å²) in [6, 6.07) is 12.0. The number of urea groups is 1. The first-order valence-corrected chi connectivity index (χ1v) is 11.9. The van der Waals surface area contributed by atoms with Crippen molar-refractivity contribution in [1.29, 1.82) is 0 Å². The number of aromatic nitrogens is 3. The number of piperazine rings is 1. The molecular weight excluding hydrogens is 491 g/mol. The third-order valence-electron chi connectivity index (χ3n) is 6.44. The minimum Gasteiger partial charge on any atom is -0.382 e. The summed E-state index contributed by atoms with van der Waals surface area (Å²) in [4.78, 5) is 19.9. The van der Waals surface area contributed by atoms with Crippen LogP contribution in [-0.4, -0.2) is 63.0 Å². The molecule has 1 fully saturated rings. The molecule has 1 saturated heterocycles. The van der Waals surface area contributed by atoms with Crippen LogP contribution in [0.2, 0.25) is 10.0 Å². The highest BCUT2D eigenvalue weighted by atomic mass is 35.5. The fourth-order valence-corrected chi connectivity index (χ4v) is 5.01. The summed E-state index contributed by atoms with van der Waals surface area (Å²) in [5.41, 5.74) is 3.02. The molecule has 1 aromatic heterocycles. The molecule has 2 atom stereocenters. The molecule has 1 aliphatic rings. The van der Waals surface area contributed by atoms with Crippen LogP contribution >= 0.6 is 23.2 Å². The Hall–Kier alpha value is -2.89. The maximum atomic E-state index is 12.0. The van der Waals surface area contributed by atoms with Gasteiger partial charge in [0.25, 0.3) is 0 Å². The molecule has 10 nitrogen and oxygen atoms in total. The van der Waals surface area contributed by atoms with E-state index in [0.29, 0.717) is 21.3 Å². The Balaban J connectivity index is 1.48. The topological polar surface area (TPSA) is 125 Å². The first kappa shape index (κ1) is 25.2. The van der Waals surface area contributed by atoms with Crippen molar-refractivity contribution in [3.63, 3.8) is 0 Å². The van der Waals surface area contributed by atoms with Crippen LogP contribution in [0.1, 0.15) is 12.5 Å². The maximum absolute atomic E-state index is 12.0. The smallest absolute Gasteiger partial charge is 0.333 e. The van der Waals surface area contributed by atoms with Crippen molar-refractivity contribution in [2.24, 2.45) is 5.84 Å². The average Bonchev–Trinajstić information content (AvgIpc) is 3.36. The molecule has 0 bridgehead atoms. The molecule has 1 aliphatic heterocycles. The predicted octanol–water partition coefficient (Wildman–Crippen LogP) is 2.68. The van der Waals surface area contributed by atoms with E-state index >= 15 is 0 Å². The maximum Gasteiger partial charge on any atom is 0.333 e. The van der Waals surface area contributed by atoms with E-state index < -0.39 is 11.6 Å². The SMILES string of the molecule is C[C@@H](N1CCN(c2ccc(NC(=O)NN)cc2)CC1)[C@](O)(Cn1cncn1)c1ccc(Cl)cc1Cl. The number of hydrogen-bond donors (Lipinski definition) is 4. The number of hydrogen-bond acceptors (Lipinski definition) is 7. The molecule has 0 radical (unpaired) electrons. The highest BCUT2D eigenvalue weighted by molar-refractivity contribution is 6.35. The summed E-state index contributed by atoms with van der Waals surface area (Å²) >= 11 is 12.7. The Kier molecular flexibility index (Phi) is 7.78. The molecule has 3 aromatic rings. The van der Waals surface area contributed by atoms with Crippen LogP contribution in [0.15, 0.2) is 55.1 Å². The number of anilines is 2. The van der Waals surface area contributed by atoms with Crippen molar-refractivity contribution < 1.29 is 9.90 Å². The van der Waals surface area contributed by atoms with Gasteiger partial charge in [0.15, 0.2) is 0 Å². The van der Waals surface area contributed by atoms with Gasteiger partial charge in [0, 0.05) is 59.2 Å². The highest BCUT2D eigenvalue weighted by Gasteiger charge is 2.42. The van der Waals surface area contributed by atoms with E-state index in [-0.39, 0.29) is 12.6 Å². The summed E-state index contributed by atoms with van der Waals surface area (Å²) in [5, 5.41) is 19.8. The second-order valence-corrected chi connectivity index (χ2v) is 9.33. The van der Waals surface area contributed by atoms with Crippen LogP contribution in [0.25, 0.3) is 0 Å². The van der Waals surface area contributed by atoms with Gasteiger partial charge in [-0.05, 0) is 43.3 Å². The number of aliphatic hydroxyl groups is 1. The van der Waals surface area contributed by atoms with Gasteiger partial charge in [-0.15, -0.1) is 0 Å². The molecule has 4 rings (SSSR count). The molecule has 0 unspecified atom stereocenters. The molecule has 5 N–H and O–H groups in total. The van der Waals surface area contributed by atoms with Crippen LogP contribution < -0.4 is 21.5 Å². The molecule has 0 saturated carbocycles. The Bertz CT molecular complexity index is 1140. The summed E-state index contributed by atoms with van der Waals surface area (Å²) < 4.78 is 1.61. The third kappa shape index (κ3) is 5.68. The normalized spacial score (nSPS) is 17.0. The first-order chi connectivity index (χ1) is 16.8. The van der Waals surface area contributed by atoms with E-state index in [2.05, 4.69) is 25.2 Å². The number of hydrazine groups is 1. The van der Waals surface area contributed by atoms with Crippen LogP contribution in [0, 0.1) is 0 Å². The van der Waals surface area contributed by atoms with Crippen molar-refractivity contribution in [2.45, 2.75) is 25.1 Å². The molecule has 2 heterocycles. The minimum atomic E-state index is -1.32. The Morgan fingerprint density at radius 2 is 1.89 bits per heavy atom. The van der Waals surface area contributed by atoms with Crippen LogP contribution in [0.4, 0.5) is 16.2 Å². The number of carbonyl (C=O) groups excluding carboxylic acids is 1. The number of rotatable bonds is 7. The van der Waals surface area contributed by atoms with Gasteiger partial charge in [0.05, 0.1) is 6.54 Å². The zero-order chi connectivity index (χ0) is 25.0. The van der Waals surface area contributed by atoms with Crippen molar-refractivity contribution in [3.8, 4) is 0 Å². The van der Waals surface area contributed by atoms with Gasteiger partial charge in [-0.1, -0.05) is 29.3 Å². The summed E-state index contributed by atoms with van der Waals surface area (Å²) in [6.45, 7) is 5.21. The van der Waals surface area contributed by atoms with Gasteiger partial charge in [-0.25, -0.2) is 20.3 Å². The van der Waals surface area contributed by atoms with Crippen molar-refractivity contribution >= 4 is 40.6 Å². The molecule has 0 spiro atoms. The van der Waals surface area contributed by atoms with Gasteiger partial charge >= 0.3 is 6.03 Å². The van der Waals surface area contributed by atoms with E-state index in [0.717, 1.165) is 31.9 Å². The molecule has 12 heteroatoms. The lowest BCUT2D eigenvalue weighted by Crippen LogP contribution is -2.57. The van der Waals surface area contributed by atoms with E-state index in [1.54, 1.807) is 29.2 Å². The molecule has 2 aromatic carbocycles. The van der Waals surface area contributed by atoms with Crippen molar-refractivity contribution in [1.82, 2.24) is 25.1 Å². The lowest BCUT2D eigenvalue weighted by atomic mass is 9.85. The average molecular weight is 519 g/mol. The second kappa shape index (κ2) is 10.8. The zero-order valence-electron chi connectivity index (χ0n) is 19.2. The number of carbonyl (C=O) groups is 1. The monoisotopic (exact) mass is 518 g/mol.